The molecule has 1 aliphatic carbocycles. The highest BCUT2D eigenvalue weighted by molar-refractivity contribution is 5.71. The van der Waals surface area contributed by atoms with Crippen LogP contribution in [0.3, 0.4) is 0 Å². The average molecular weight is 185 g/mol. The highest BCUT2D eigenvalue weighted by Gasteiger charge is 2.35. The van der Waals surface area contributed by atoms with Crippen molar-refractivity contribution in [2.24, 2.45) is 5.92 Å². The van der Waals surface area contributed by atoms with Crippen molar-refractivity contribution in [1.82, 2.24) is 5.32 Å². The van der Waals surface area contributed by atoms with E-state index in [4.69, 9.17) is 9.84 Å². The molecule has 2 unspecified atom stereocenters. The Bertz CT molecular complexity index is 203. The van der Waals surface area contributed by atoms with Crippen LogP contribution in [0, 0.1) is 5.92 Å². The summed E-state index contributed by atoms with van der Waals surface area (Å²) < 4.78 is 5.15. The summed E-state index contributed by atoms with van der Waals surface area (Å²) in [7, 11) is 0. The van der Waals surface area contributed by atoms with Crippen LogP contribution in [0.1, 0.15) is 19.3 Å². The number of rotatable bonds is 3. The third-order valence-corrected chi connectivity index (χ3v) is 2.70. The van der Waals surface area contributed by atoms with Crippen LogP contribution in [0.15, 0.2) is 0 Å². The summed E-state index contributed by atoms with van der Waals surface area (Å²) in [5, 5.41) is 12.3. The Morgan fingerprint density at radius 2 is 2.15 bits per heavy atom. The zero-order chi connectivity index (χ0) is 9.26. The van der Waals surface area contributed by atoms with Crippen LogP contribution in [-0.2, 0) is 9.53 Å². The monoisotopic (exact) mass is 185 g/mol. The molecule has 0 aromatic rings. The zero-order valence-corrected chi connectivity index (χ0v) is 7.53. The first-order valence-electron chi connectivity index (χ1n) is 4.84. The minimum absolute atomic E-state index is 0.124. The molecule has 0 radical (unpaired) electrons. The zero-order valence-electron chi connectivity index (χ0n) is 7.53. The van der Waals surface area contributed by atoms with Crippen molar-refractivity contribution >= 4 is 5.97 Å². The van der Waals surface area contributed by atoms with Gasteiger partial charge in [-0.3, -0.25) is 4.79 Å². The summed E-state index contributed by atoms with van der Waals surface area (Å²) in [5.41, 5.74) is 0. The first-order chi connectivity index (χ1) is 6.27. The number of carboxylic acid groups (broad SMARTS) is 1. The van der Waals surface area contributed by atoms with Crippen molar-refractivity contribution in [3.05, 3.63) is 0 Å². The number of carbonyl (C=O) groups is 1. The molecule has 2 fully saturated rings. The van der Waals surface area contributed by atoms with Crippen molar-refractivity contribution in [2.75, 3.05) is 13.2 Å². The molecule has 2 atom stereocenters. The molecule has 2 N–H and O–H groups in total. The van der Waals surface area contributed by atoms with Crippen LogP contribution < -0.4 is 5.32 Å². The van der Waals surface area contributed by atoms with Gasteiger partial charge in [-0.2, -0.15) is 0 Å². The van der Waals surface area contributed by atoms with E-state index in [9.17, 15) is 4.79 Å². The molecule has 0 aromatic heterocycles. The fourth-order valence-electron chi connectivity index (χ4n) is 1.73. The summed E-state index contributed by atoms with van der Waals surface area (Å²) in [5.74, 6) is -1.09. The standard InChI is InChI=1S/C9H15NO3/c11-9(12)7-5-13-4-3-8(7)10-6-1-2-6/h6-8,10H,1-5H2,(H,11,12). The Hall–Kier alpha value is -0.610. The van der Waals surface area contributed by atoms with Gasteiger partial charge < -0.3 is 15.2 Å². The van der Waals surface area contributed by atoms with Crippen LogP contribution in [0.5, 0.6) is 0 Å². The predicted molar refractivity (Wildman–Crippen MR) is 46.5 cm³/mol. The maximum atomic E-state index is 10.8. The second-order valence-corrected chi connectivity index (χ2v) is 3.86. The molecule has 0 spiro atoms. The molecule has 4 nitrogen and oxygen atoms in total. The quantitative estimate of drug-likeness (QED) is 0.660. The smallest absolute Gasteiger partial charge is 0.310 e. The number of nitrogens with one attached hydrogen (secondary N) is 1. The van der Waals surface area contributed by atoms with E-state index in [0.717, 1.165) is 6.42 Å². The van der Waals surface area contributed by atoms with E-state index in [1.807, 2.05) is 0 Å². The van der Waals surface area contributed by atoms with Gasteiger partial charge in [0.25, 0.3) is 0 Å². The second kappa shape index (κ2) is 3.64. The fraction of sp³-hybridized carbons (Fsp3) is 0.889. The third kappa shape index (κ3) is 2.19. The van der Waals surface area contributed by atoms with E-state index in [2.05, 4.69) is 5.32 Å². The lowest BCUT2D eigenvalue weighted by Gasteiger charge is -2.29. The second-order valence-electron chi connectivity index (χ2n) is 3.86. The summed E-state index contributed by atoms with van der Waals surface area (Å²) in [6.07, 6.45) is 3.22. The maximum Gasteiger partial charge on any atom is 0.310 e. The largest absolute Gasteiger partial charge is 0.481 e. The van der Waals surface area contributed by atoms with Crippen molar-refractivity contribution < 1.29 is 14.6 Å². The topological polar surface area (TPSA) is 58.6 Å². The van der Waals surface area contributed by atoms with Gasteiger partial charge in [-0.05, 0) is 19.3 Å². The fourth-order valence-corrected chi connectivity index (χ4v) is 1.73. The van der Waals surface area contributed by atoms with Gasteiger partial charge in [0.1, 0.15) is 0 Å². The van der Waals surface area contributed by atoms with E-state index in [1.165, 1.54) is 12.8 Å². The van der Waals surface area contributed by atoms with Crippen LogP contribution >= 0.6 is 0 Å². The van der Waals surface area contributed by atoms with Crippen LogP contribution in [0.2, 0.25) is 0 Å². The lowest BCUT2D eigenvalue weighted by atomic mass is 9.96. The molecule has 74 valence electrons. The van der Waals surface area contributed by atoms with E-state index < -0.39 is 5.97 Å². The van der Waals surface area contributed by atoms with Crippen LogP contribution in [0.25, 0.3) is 0 Å². The Balaban J connectivity index is 1.90. The van der Waals surface area contributed by atoms with Crippen molar-refractivity contribution in [3.8, 4) is 0 Å². The molecular formula is C9H15NO3. The van der Waals surface area contributed by atoms with Crippen molar-refractivity contribution in [3.63, 3.8) is 0 Å². The molecule has 4 heteroatoms. The van der Waals surface area contributed by atoms with Gasteiger partial charge in [-0.15, -0.1) is 0 Å². The van der Waals surface area contributed by atoms with Gasteiger partial charge in [0.05, 0.1) is 12.5 Å². The summed E-state index contributed by atoms with van der Waals surface area (Å²) in [6, 6.07) is 0.698. The van der Waals surface area contributed by atoms with E-state index in [1.54, 1.807) is 0 Å². The van der Waals surface area contributed by atoms with Gasteiger partial charge in [0, 0.05) is 18.7 Å². The molecule has 1 saturated carbocycles. The molecule has 2 aliphatic rings. The third-order valence-electron chi connectivity index (χ3n) is 2.70. The highest BCUT2D eigenvalue weighted by atomic mass is 16.5. The molecule has 2 rings (SSSR count). The molecule has 0 amide bonds. The van der Waals surface area contributed by atoms with Gasteiger partial charge in [-0.1, -0.05) is 0 Å². The van der Waals surface area contributed by atoms with E-state index in [-0.39, 0.29) is 12.0 Å². The highest BCUT2D eigenvalue weighted by Crippen LogP contribution is 2.24. The summed E-state index contributed by atoms with van der Waals surface area (Å²) in [6.45, 7) is 1.05. The molecular weight excluding hydrogens is 170 g/mol. The lowest BCUT2D eigenvalue weighted by Crippen LogP contribution is -2.47. The lowest BCUT2D eigenvalue weighted by molar-refractivity contribution is -0.147. The maximum absolute atomic E-state index is 10.8. The summed E-state index contributed by atoms with van der Waals surface area (Å²) >= 11 is 0. The average Bonchev–Trinajstić information content (AvgIpc) is 2.89. The minimum atomic E-state index is -0.738. The molecule has 0 aromatic carbocycles. The Morgan fingerprint density at radius 1 is 1.38 bits per heavy atom. The molecule has 1 aliphatic heterocycles. The number of hydrogen-bond acceptors (Lipinski definition) is 3. The summed E-state index contributed by atoms with van der Waals surface area (Å²) in [4.78, 5) is 10.8. The number of hydrogen-bond donors (Lipinski definition) is 2. The molecule has 0 bridgehead atoms. The van der Waals surface area contributed by atoms with Crippen LogP contribution in [0.4, 0.5) is 0 Å². The van der Waals surface area contributed by atoms with Gasteiger partial charge >= 0.3 is 5.97 Å². The number of aliphatic carboxylic acids is 1. The molecule has 13 heavy (non-hydrogen) atoms. The van der Waals surface area contributed by atoms with E-state index >= 15 is 0 Å². The Morgan fingerprint density at radius 3 is 2.77 bits per heavy atom. The van der Waals surface area contributed by atoms with E-state index in [0.29, 0.717) is 19.3 Å². The predicted octanol–water partition coefficient (Wildman–Crippen LogP) is 0.228. The van der Waals surface area contributed by atoms with Gasteiger partial charge in [0.15, 0.2) is 0 Å². The number of ether oxygens (including phenoxy) is 1. The normalized spacial score (nSPS) is 34.5. The molecule has 1 saturated heterocycles. The Labute approximate surface area is 77.3 Å². The number of carboxylic acids is 1. The van der Waals surface area contributed by atoms with Crippen molar-refractivity contribution in [1.29, 1.82) is 0 Å². The first kappa shape index (κ1) is 8.97. The molecule has 1 heterocycles. The van der Waals surface area contributed by atoms with Gasteiger partial charge in [-0.25, -0.2) is 0 Å². The van der Waals surface area contributed by atoms with Gasteiger partial charge in [0.2, 0.25) is 0 Å². The minimum Gasteiger partial charge on any atom is -0.481 e. The van der Waals surface area contributed by atoms with Crippen molar-refractivity contribution in [2.45, 2.75) is 31.3 Å². The Kier molecular flexibility index (Phi) is 2.51. The van der Waals surface area contributed by atoms with Crippen LogP contribution in [-0.4, -0.2) is 36.4 Å². The first-order valence-corrected chi connectivity index (χ1v) is 4.84. The SMILES string of the molecule is O=C(O)C1COCCC1NC1CC1.